The van der Waals surface area contributed by atoms with E-state index in [9.17, 15) is 54.3 Å². The summed E-state index contributed by atoms with van der Waals surface area (Å²) in [5.74, 6) is -4.79. The molecule has 20 nitrogen and oxygen atoms in total. The average Bonchev–Trinajstić information content (AvgIpc) is 3.16. The number of nitrogens with one attached hydrogen (secondary N) is 5. The second-order valence-electron chi connectivity index (χ2n) is 15.1. The SMILES string of the molecule is COC(=O)[C@H](CCCCNC(C)C)NC(=O)[C@H](CCCCN)NC(=O)[C@H](CCCCN)NC(=O)[C@@H](N)CCCCNC(=O)[C@@H](O)[C@H](O)[C@H](O)[C@@H](O)C(=O)C(C)(C)O. The van der Waals surface area contributed by atoms with Crippen molar-refractivity contribution >= 4 is 35.4 Å². The standard InChI is InChI=1S/C37H72N8O12/c1-22(2)41-20-13-9-17-26(36(55)57-5)45-34(53)25(16-7-11-19-39)44-33(52)24(15-6-10-18-38)43-32(51)23(40)14-8-12-21-42-35(54)30(49)28(47)27(46)29(48)31(50)37(3,4)56/h22-30,41,46-49,56H,6-21,38-40H2,1-5H3,(H,42,54)(H,43,51)(H,44,52)(H,45,53)/t23-,24-,25-,26-,27-,28+,29+,30-/m0/s1. The van der Waals surface area contributed by atoms with Crippen LogP contribution in [0.2, 0.25) is 0 Å². The molecule has 332 valence electrons. The first-order chi connectivity index (χ1) is 26.7. The van der Waals surface area contributed by atoms with E-state index < -0.39 is 89.6 Å². The molecule has 4 amide bonds. The minimum absolute atomic E-state index is 0.0396. The second kappa shape index (κ2) is 29.0. The molecule has 0 aliphatic carbocycles. The van der Waals surface area contributed by atoms with Crippen molar-refractivity contribution in [2.45, 2.75) is 165 Å². The molecule has 0 aliphatic rings. The summed E-state index contributed by atoms with van der Waals surface area (Å²) in [6.07, 6.45) is -4.03. The Morgan fingerprint density at radius 3 is 1.54 bits per heavy atom. The third-order valence-corrected chi connectivity index (χ3v) is 9.15. The van der Waals surface area contributed by atoms with E-state index in [0.717, 1.165) is 26.8 Å². The van der Waals surface area contributed by atoms with Crippen LogP contribution in [0.3, 0.4) is 0 Å². The highest BCUT2D eigenvalue weighted by atomic mass is 16.5. The predicted molar refractivity (Wildman–Crippen MR) is 211 cm³/mol. The van der Waals surface area contributed by atoms with Gasteiger partial charge in [0.05, 0.1) is 13.2 Å². The monoisotopic (exact) mass is 821 g/mol. The van der Waals surface area contributed by atoms with Gasteiger partial charge in [-0.1, -0.05) is 13.8 Å². The van der Waals surface area contributed by atoms with Crippen LogP contribution in [0, 0.1) is 0 Å². The number of ketones is 1. The maximum Gasteiger partial charge on any atom is 0.328 e. The van der Waals surface area contributed by atoms with E-state index in [2.05, 4.69) is 26.6 Å². The lowest BCUT2D eigenvalue weighted by Crippen LogP contribution is -2.57. The van der Waals surface area contributed by atoms with Crippen molar-refractivity contribution in [2.75, 3.05) is 33.3 Å². The minimum atomic E-state index is -2.27. The number of ether oxygens (including phenoxy) is 1. The van der Waals surface area contributed by atoms with Crippen LogP contribution in [0.5, 0.6) is 0 Å². The number of hydrogen-bond acceptors (Lipinski definition) is 16. The Labute approximate surface area is 336 Å². The van der Waals surface area contributed by atoms with Crippen LogP contribution in [0.15, 0.2) is 0 Å². The van der Waals surface area contributed by atoms with E-state index in [-0.39, 0.29) is 32.2 Å². The Morgan fingerprint density at radius 1 is 0.614 bits per heavy atom. The van der Waals surface area contributed by atoms with Gasteiger partial charge in [0, 0.05) is 12.6 Å². The molecule has 0 rings (SSSR count). The van der Waals surface area contributed by atoms with Gasteiger partial charge >= 0.3 is 5.97 Å². The van der Waals surface area contributed by atoms with Crippen LogP contribution in [0.1, 0.15) is 105 Å². The molecule has 8 atom stereocenters. The lowest BCUT2D eigenvalue weighted by atomic mass is 9.92. The third kappa shape index (κ3) is 21.8. The summed E-state index contributed by atoms with van der Waals surface area (Å²) in [5, 5.41) is 63.7. The van der Waals surface area contributed by atoms with Crippen molar-refractivity contribution in [3.63, 3.8) is 0 Å². The van der Waals surface area contributed by atoms with E-state index in [1.807, 2.05) is 13.8 Å². The molecule has 20 heteroatoms. The molecule has 0 heterocycles. The highest BCUT2D eigenvalue weighted by Gasteiger charge is 2.41. The fourth-order valence-electron chi connectivity index (χ4n) is 5.58. The number of unbranched alkanes of at least 4 members (excludes halogenated alkanes) is 4. The number of Topliss-reactive ketones (excluding diaryl/α,β-unsaturated/α-hetero) is 1. The first-order valence-corrected chi connectivity index (χ1v) is 19.9. The van der Waals surface area contributed by atoms with Crippen molar-refractivity contribution in [1.82, 2.24) is 26.6 Å². The smallest absolute Gasteiger partial charge is 0.328 e. The number of carbonyl (C=O) groups excluding carboxylic acids is 6. The molecule has 16 N–H and O–H groups in total. The Kier molecular flexibility index (Phi) is 27.3. The Morgan fingerprint density at radius 2 is 1.05 bits per heavy atom. The van der Waals surface area contributed by atoms with Crippen molar-refractivity contribution < 1.29 is 59.0 Å². The summed E-state index contributed by atoms with van der Waals surface area (Å²) in [4.78, 5) is 77.1. The van der Waals surface area contributed by atoms with Crippen LogP contribution in [0.4, 0.5) is 0 Å². The third-order valence-electron chi connectivity index (χ3n) is 9.15. The highest BCUT2D eigenvalue weighted by molar-refractivity contribution is 5.94. The maximum absolute atomic E-state index is 13.6. The molecular formula is C37H72N8O12. The van der Waals surface area contributed by atoms with Gasteiger partial charge in [-0.2, -0.15) is 0 Å². The van der Waals surface area contributed by atoms with E-state index in [1.54, 1.807) is 0 Å². The molecule has 0 radical (unpaired) electrons. The van der Waals surface area contributed by atoms with Gasteiger partial charge < -0.3 is 74.1 Å². The van der Waals surface area contributed by atoms with E-state index in [1.165, 1.54) is 7.11 Å². The Bertz CT molecular complexity index is 1220. The first-order valence-electron chi connectivity index (χ1n) is 19.9. The average molecular weight is 821 g/mol. The summed E-state index contributed by atoms with van der Waals surface area (Å²) in [5.41, 5.74) is 15.4. The van der Waals surface area contributed by atoms with Gasteiger partial charge in [0.1, 0.15) is 42.0 Å². The lowest BCUT2D eigenvalue weighted by molar-refractivity contribution is -0.163. The van der Waals surface area contributed by atoms with Gasteiger partial charge in [-0.25, -0.2) is 4.79 Å². The second-order valence-corrected chi connectivity index (χ2v) is 15.1. The quantitative estimate of drug-likeness (QED) is 0.0231. The summed E-state index contributed by atoms with van der Waals surface area (Å²) < 4.78 is 4.91. The van der Waals surface area contributed by atoms with E-state index in [0.29, 0.717) is 64.1 Å². The van der Waals surface area contributed by atoms with Gasteiger partial charge in [-0.3, -0.25) is 24.0 Å². The molecule has 0 saturated heterocycles. The van der Waals surface area contributed by atoms with Crippen LogP contribution in [-0.4, -0.2) is 154 Å². The number of esters is 1. The van der Waals surface area contributed by atoms with E-state index >= 15 is 0 Å². The molecule has 0 saturated carbocycles. The fraction of sp³-hybridized carbons (Fsp3) is 0.838. The number of amides is 4. The molecule has 0 aromatic carbocycles. The van der Waals surface area contributed by atoms with Crippen molar-refractivity contribution in [1.29, 1.82) is 0 Å². The number of methoxy groups -OCH3 is 1. The van der Waals surface area contributed by atoms with Crippen LogP contribution >= 0.6 is 0 Å². The van der Waals surface area contributed by atoms with Gasteiger partial charge in [-0.05, 0) is 111 Å². The van der Waals surface area contributed by atoms with E-state index in [4.69, 9.17) is 21.9 Å². The molecule has 0 unspecified atom stereocenters. The number of aliphatic hydroxyl groups is 5. The molecule has 0 aliphatic heterocycles. The van der Waals surface area contributed by atoms with Crippen molar-refractivity contribution in [3.05, 3.63) is 0 Å². The van der Waals surface area contributed by atoms with Gasteiger partial charge in [0.25, 0.3) is 5.91 Å². The van der Waals surface area contributed by atoms with Crippen molar-refractivity contribution in [3.8, 4) is 0 Å². The molecule has 0 bridgehead atoms. The fourth-order valence-corrected chi connectivity index (χ4v) is 5.58. The molecule has 57 heavy (non-hydrogen) atoms. The topological polar surface area (TPSA) is 351 Å². The summed E-state index contributed by atoms with van der Waals surface area (Å²) >= 11 is 0. The predicted octanol–water partition coefficient (Wildman–Crippen LogP) is -3.56. The molecule has 0 aromatic rings. The molecule has 0 aromatic heterocycles. The summed E-state index contributed by atoms with van der Waals surface area (Å²) in [7, 11) is 1.23. The normalized spacial score (nSPS) is 16.0. The summed E-state index contributed by atoms with van der Waals surface area (Å²) in [6, 6.07) is -3.79. The number of carbonyl (C=O) groups is 6. The zero-order chi connectivity index (χ0) is 43.7. The Balaban J connectivity index is 5.39. The summed E-state index contributed by atoms with van der Waals surface area (Å²) in [6.45, 7) is 7.59. The minimum Gasteiger partial charge on any atom is -0.467 e. The van der Waals surface area contributed by atoms with Crippen LogP contribution in [0.25, 0.3) is 0 Å². The highest BCUT2D eigenvalue weighted by Crippen LogP contribution is 2.14. The van der Waals surface area contributed by atoms with Gasteiger partial charge in [0.15, 0.2) is 11.9 Å². The number of nitrogens with two attached hydrogens (primary N) is 3. The number of hydrogen-bond donors (Lipinski definition) is 13. The molecule has 0 fully saturated rings. The van der Waals surface area contributed by atoms with Gasteiger partial charge in [-0.15, -0.1) is 0 Å². The number of rotatable bonds is 32. The zero-order valence-corrected chi connectivity index (χ0v) is 34.3. The van der Waals surface area contributed by atoms with Gasteiger partial charge in [0.2, 0.25) is 17.7 Å². The zero-order valence-electron chi connectivity index (χ0n) is 34.3. The number of aliphatic hydroxyl groups excluding tert-OH is 4. The maximum atomic E-state index is 13.6. The Hall–Kier alpha value is -3.34. The lowest BCUT2D eigenvalue weighted by Gasteiger charge is -2.28. The molecular weight excluding hydrogens is 748 g/mol. The first kappa shape index (κ1) is 53.7. The van der Waals surface area contributed by atoms with Crippen LogP contribution < -0.4 is 43.8 Å². The largest absolute Gasteiger partial charge is 0.467 e. The van der Waals surface area contributed by atoms with Crippen molar-refractivity contribution in [2.24, 2.45) is 17.2 Å². The molecule has 0 spiro atoms. The van der Waals surface area contributed by atoms with Crippen LogP contribution in [-0.2, 0) is 33.5 Å².